The third kappa shape index (κ3) is 1.62. The van der Waals surface area contributed by atoms with Gasteiger partial charge in [0.25, 0.3) is 0 Å². The topological polar surface area (TPSA) is 46.6 Å². The molecule has 0 N–H and O–H groups in total. The molecule has 3 aliphatic rings. The van der Waals surface area contributed by atoms with Crippen LogP contribution in [0.1, 0.15) is 6.42 Å². The summed E-state index contributed by atoms with van der Waals surface area (Å²) >= 11 is 6.02. The Balaban J connectivity index is 1.79. The summed E-state index contributed by atoms with van der Waals surface area (Å²) in [6.45, 7) is 0. The molecule has 2 amide bonds. The Labute approximate surface area is 127 Å². The summed E-state index contributed by atoms with van der Waals surface area (Å²) in [5.74, 6) is 0.219. The van der Waals surface area contributed by atoms with Crippen LogP contribution >= 0.6 is 11.6 Å². The van der Waals surface area contributed by atoms with Crippen LogP contribution in [0.5, 0.6) is 5.75 Å². The van der Waals surface area contributed by atoms with E-state index >= 15 is 0 Å². The van der Waals surface area contributed by atoms with Crippen LogP contribution in [-0.4, -0.2) is 18.9 Å². The molecule has 4 atom stereocenters. The van der Waals surface area contributed by atoms with E-state index in [-0.39, 0.29) is 35.5 Å². The maximum absolute atomic E-state index is 12.7. The molecular formula is C16H14ClNO3. The molecule has 21 heavy (non-hydrogen) atoms. The summed E-state index contributed by atoms with van der Waals surface area (Å²) in [6.07, 6.45) is 5.08. The molecule has 1 aromatic carbocycles. The van der Waals surface area contributed by atoms with Gasteiger partial charge in [-0.3, -0.25) is 9.59 Å². The number of allylic oxidation sites excluding steroid dienone is 2. The predicted octanol–water partition coefficient (Wildman–Crippen LogP) is 2.66. The van der Waals surface area contributed by atoms with Crippen molar-refractivity contribution in [2.75, 3.05) is 12.0 Å². The van der Waals surface area contributed by atoms with Crippen molar-refractivity contribution in [3.8, 4) is 5.75 Å². The van der Waals surface area contributed by atoms with Gasteiger partial charge < -0.3 is 4.74 Å². The lowest BCUT2D eigenvalue weighted by molar-refractivity contribution is -0.123. The normalized spacial score (nSPS) is 33.0. The Morgan fingerprint density at radius 3 is 2.33 bits per heavy atom. The van der Waals surface area contributed by atoms with Crippen molar-refractivity contribution in [1.82, 2.24) is 0 Å². The van der Waals surface area contributed by atoms with Crippen LogP contribution in [0.2, 0.25) is 5.02 Å². The number of anilines is 1. The summed E-state index contributed by atoms with van der Waals surface area (Å²) < 4.78 is 5.28. The molecule has 0 spiro atoms. The number of carbonyl (C=O) groups is 2. The number of amides is 2. The minimum absolute atomic E-state index is 0.123. The fraction of sp³-hybridized carbons (Fsp3) is 0.375. The molecular weight excluding hydrogens is 290 g/mol. The molecule has 108 valence electrons. The van der Waals surface area contributed by atoms with E-state index in [1.165, 1.54) is 12.0 Å². The van der Waals surface area contributed by atoms with Crippen LogP contribution in [0.15, 0.2) is 30.4 Å². The lowest BCUT2D eigenvalue weighted by atomic mass is 9.85. The molecule has 4 rings (SSSR count). The molecule has 1 aromatic rings. The van der Waals surface area contributed by atoms with E-state index in [9.17, 15) is 9.59 Å². The van der Waals surface area contributed by atoms with Gasteiger partial charge in [0.2, 0.25) is 11.8 Å². The second-order valence-corrected chi connectivity index (χ2v) is 6.26. The number of hydrogen-bond acceptors (Lipinski definition) is 3. The van der Waals surface area contributed by atoms with Gasteiger partial charge in [-0.1, -0.05) is 23.8 Å². The number of rotatable bonds is 2. The lowest BCUT2D eigenvalue weighted by Gasteiger charge is -2.20. The predicted molar refractivity (Wildman–Crippen MR) is 78.2 cm³/mol. The number of ether oxygens (including phenoxy) is 1. The van der Waals surface area contributed by atoms with Crippen molar-refractivity contribution in [2.24, 2.45) is 23.7 Å². The maximum atomic E-state index is 12.7. The van der Waals surface area contributed by atoms with Crippen molar-refractivity contribution in [1.29, 1.82) is 0 Å². The average Bonchev–Trinajstić information content (AvgIpc) is 3.13. The van der Waals surface area contributed by atoms with E-state index in [2.05, 4.69) is 12.2 Å². The number of nitrogens with zero attached hydrogens (tertiary/aromatic N) is 1. The average molecular weight is 304 g/mol. The quantitative estimate of drug-likeness (QED) is 0.623. The van der Waals surface area contributed by atoms with E-state index in [0.717, 1.165) is 6.42 Å². The monoisotopic (exact) mass is 303 g/mol. The van der Waals surface area contributed by atoms with Crippen LogP contribution in [-0.2, 0) is 9.59 Å². The Morgan fingerprint density at radius 1 is 1.14 bits per heavy atom. The SMILES string of the molecule is COc1ccc(Cl)cc1N1C(=O)[C@@H]2[C@@H](C1=O)[C@H]1C=C[C@@H]2C1. The zero-order chi connectivity index (χ0) is 14.7. The number of methoxy groups -OCH3 is 1. The number of hydrogen-bond donors (Lipinski definition) is 0. The molecule has 0 radical (unpaired) electrons. The van der Waals surface area contributed by atoms with Crippen LogP contribution in [0, 0.1) is 23.7 Å². The molecule has 2 aliphatic carbocycles. The van der Waals surface area contributed by atoms with Crippen molar-refractivity contribution in [2.45, 2.75) is 6.42 Å². The second kappa shape index (κ2) is 4.34. The van der Waals surface area contributed by atoms with Gasteiger partial charge in [0.05, 0.1) is 24.6 Å². The molecule has 5 heteroatoms. The standard InChI is InChI=1S/C16H14ClNO3/c1-21-12-5-4-10(17)7-11(12)18-15(19)13-8-2-3-9(6-8)14(13)16(18)20/h2-5,7-9,13-14H,6H2,1H3/t8-,9+,13-,14-/m0/s1. The van der Waals surface area contributed by atoms with Gasteiger partial charge in [0.1, 0.15) is 5.75 Å². The Kier molecular flexibility index (Phi) is 2.67. The van der Waals surface area contributed by atoms with Gasteiger partial charge in [-0.2, -0.15) is 0 Å². The van der Waals surface area contributed by atoms with Gasteiger partial charge in [0, 0.05) is 5.02 Å². The summed E-state index contributed by atoms with van der Waals surface area (Å²) in [5.41, 5.74) is 0.453. The number of benzene rings is 1. The Morgan fingerprint density at radius 2 is 1.76 bits per heavy atom. The first kappa shape index (κ1) is 12.9. The highest BCUT2D eigenvalue weighted by molar-refractivity contribution is 6.31. The van der Waals surface area contributed by atoms with Gasteiger partial charge in [-0.05, 0) is 36.5 Å². The van der Waals surface area contributed by atoms with E-state index in [0.29, 0.717) is 16.5 Å². The van der Waals surface area contributed by atoms with E-state index in [1.54, 1.807) is 18.2 Å². The number of carbonyl (C=O) groups excluding carboxylic acids is 2. The second-order valence-electron chi connectivity index (χ2n) is 5.83. The fourth-order valence-corrected chi connectivity index (χ4v) is 4.14. The zero-order valence-corrected chi connectivity index (χ0v) is 12.2. The summed E-state index contributed by atoms with van der Waals surface area (Å²) in [5, 5.41) is 0.476. The van der Waals surface area contributed by atoms with Crippen LogP contribution < -0.4 is 9.64 Å². The van der Waals surface area contributed by atoms with Crippen LogP contribution in [0.25, 0.3) is 0 Å². The van der Waals surface area contributed by atoms with Gasteiger partial charge in [-0.25, -0.2) is 4.90 Å². The minimum Gasteiger partial charge on any atom is -0.495 e. The van der Waals surface area contributed by atoms with Crippen molar-refractivity contribution < 1.29 is 14.3 Å². The molecule has 4 nitrogen and oxygen atoms in total. The molecule has 0 aromatic heterocycles. The highest BCUT2D eigenvalue weighted by Crippen LogP contribution is 2.54. The summed E-state index contributed by atoms with van der Waals surface area (Å²) in [6, 6.07) is 4.98. The van der Waals surface area contributed by atoms with Crippen molar-refractivity contribution >= 4 is 29.1 Å². The third-order valence-electron chi connectivity index (χ3n) is 4.85. The summed E-state index contributed by atoms with van der Waals surface area (Å²) in [4.78, 5) is 26.7. The number of imide groups is 1. The first-order valence-electron chi connectivity index (χ1n) is 7.01. The highest BCUT2D eigenvalue weighted by atomic mass is 35.5. The van der Waals surface area contributed by atoms with Crippen LogP contribution in [0.4, 0.5) is 5.69 Å². The van der Waals surface area contributed by atoms with Gasteiger partial charge in [-0.15, -0.1) is 0 Å². The number of halogens is 1. The maximum Gasteiger partial charge on any atom is 0.238 e. The molecule has 1 saturated heterocycles. The zero-order valence-electron chi connectivity index (χ0n) is 11.5. The molecule has 2 bridgehead atoms. The van der Waals surface area contributed by atoms with E-state index in [1.807, 2.05) is 0 Å². The molecule has 1 aliphatic heterocycles. The van der Waals surface area contributed by atoms with Crippen molar-refractivity contribution in [3.63, 3.8) is 0 Å². The van der Waals surface area contributed by atoms with Crippen LogP contribution in [0.3, 0.4) is 0 Å². The number of fused-ring (bicyclic) bond motifs is 5. The van der Waals surface area contributed by atoms with Gasteiger partial charge in [0.15, 0.2) is 0 Å². The van der Waals surface area contributed by atoms with E-state index < -0.39 is 0 Å². The fourth-order valence-electron chi connectivity index (χ4n) is 3.98. The minimum atomic E-state index is -0.212. The largest absolute Gasteiger partial charge is 0.495 e. The van der Waals surface area contributed by atoms with Crippen molar-refractivity contribution in [3.05, 3.63) is 35.4 Å². The Hall–Kier alpha value is -1.81. The van der Waals surface area contributed by atoms with Gasteiger partial charge >= 0.3 is 0 Å². The smallest absolute Gasteiger partial charge is 0.238 e. The first-order chi connectivity index (χ1) is 10.1. The third-order valence-corrected chi connectivity index (χ3v) is 5.09. The molecule has 1 heterocycles. The van der Waals surface area contributed by atoms with E-state index in [4.69, 9.17) is 16.3 Å². The highest BCUT2D eigenvalue weighted by Gasteiger charge is 2.59. The molecule has 0 unspecified atom stereocenters. The lowest BCUT2D eigenvalue weighted by Crippen LogP contribution is -2.33. The molecule has 2 fully saturated rings. The first-order valence-corrected chi connectivity index (χ1v) is 7.39. The summed E-state index contributed by atoms with van der Waals surface area (Å²) in [7, 11) is 1.52. The molecule has 1 saturated carbocycles. The Bertz CT molecular complexity index is 654.